The highest BCUT2D eigenvalue weighted by atomic mass is 35.5. The highest BCUT2D eigenvalue weighted by Crippen LogP contribution is 2.29. The highest BCUT2D eigenvalue weighted by Gasteiger charge is 2.32. The van der Waals surface area contributed by atoms with Crippen LogP contribution in [0.15, 0.2) is 36.4 Å². The van der Waals surface area contributed by atoms with E-state index in [0.717, 1.165) is 17.7 Å². The third-order valence-corrected chi connectivity index (χ3v) is 6.97. The molecule has 0 aliphatic carbocycles. The molecule has 4 N–H and O–H groups in total. The summed E-state index contributed by atoms with van der Waals surface area (Å²) in [5.41, 5.74) is 3.07. The number of phenolic OH excluding ortho intramolecular Hbond substituents is 1. The number of likely N-dealkylation sites (tertiary alicyclic amines) is 1. The van der Waals surface area contributed by atoms with Crippen LogP contribution in [0.3, 0.4) is 0 Å². The molecule has 4 amide bonds. The molecule has 2 heterocycles. The van der Waals surface area contributed by atoms with Crippen LogP contribution in [0.25, 0.3) is 0 Å². The van der Waals surface area contributed by atoms with Gasteiger partial charge in [-0.05, 0) is 55.0 Å². The van der Waals surface area contributed by atoms with Crippen molar-refractivity contribution >= 4 is 35.3 Å². The fraction of sp³-hybridized carbons (Fsp3) is 0.400. The first-order chi connectivity index (χ1) is 16.7. The van der Waals surface area contributed by atoms with Crippen LogP contribution >= 0.6 is 11.6 Å². The first kappa shape index (κ1) is 24.7. The SMILES string of the molecule is Cc1cc(CC(NC(=O)N2CCC(N3CCc4ccccc4NC3=O)CC2)C(=O)O)cc(Cl)c1O. The molecule has 0 saturated carbocycles. The maximum absolute atomic E-state index is 12.8. The number of phenols is 1. The van der Waals surface area contributed by atoms with Gasteiger partial charge in [0.05, 0.1) is 5.02 Å². The fourth-order valence-corrected chi connectivity index (χ4v) is 5.01. The summed E-state index contributed by atoms with van der Waals surface area (Å²) >= 11 is 6.01. The Morgan fingerprint density at radius 2 is 1.91 bits per heavy atom. The van der Waals surface area contributed by atoms with Crippen molar-refractivity contribution < 1.29 is 24.6 Å². The van der Waals surface area contributed by atoms with Gasteiger partial charge >= 0.3 is 18.0 Å². The highest BCUT2D eigenvalue weighted by molar-refractivity contribution is 6.32. The van der Waals surface area contributed by atoms with E-state index in [9.17, 15) is 24.6 Å². The van der Waals surface area contributed by atoms with E-state index >= 15 is 0 Å². The zero-order valence-corrected chi connectivity index (χ0v) is 20.2. The summed E-state index contributed by atoms with van der Waals surface area (Å²) < 4.78 is 0. The largest absolute Gasteiger partial charge is 0.506 e. The number of aliphatic carboxylic acids is 1. The normalized spacial score (nSPS) is 17.3. The predicted molar refractivity (Wildman–Crippen MR) is 132 cm³/mol. The number of halogens is 1. The Morgan fingerprint density at radius 3 is 2.60 bits per heavy atom. The van der Waals surface area contributed by atoms with Crippen LogP contribution in [-0.2, 0) is 17.6 Å². The van der Waals surface area contributed by atoms with Crippen LogP contribution in [0.2, 0.25) is 5.02 Å². The number of piperidine rings is 1. The summed E-state index contributed by atoms with van der Waals surface area (Å²) in [5.74, 6) is -1.20. The number of benzene rings is 2. The number of hydrogen-bond donors (Lipinski definition) is 4. The van der Waals surface area contributed by atoms with Crippen LogP contribution in [0, 0.1) is 6.92 Å². The number of rotatable bonds is 5. The molecular weight excluding hydrogens is 472 g/mol. The summed E-state index contributed by atoms with van der Waals surface area (Å²) in [6.45, 7) is 3.12. The van der Waals surface area contributed by atoms with Crippen LogP contribution in [0.4, 0.5) is 15.3 Å². The summed E-state index contributed by atoms with van der Waals surface area (Å²) in [6.07, 6.45) is 2.02. The number of carboxylic acid groups (broad SMARTS) is 1. The van der Waals surface area contributed by atoms with Crippen LogP contribution in [0.5, 0.6) is 5.75 Å². The lowest BCUT2D eigenvalue weighted by Crippen LogP contribution is -2.54. The lowest BCUT2D eigenvalue weighted by Gasteiger charge is -2.38. The van der Waals surface area contributed by atoms with Crippen molar-refractivity contribution in [2.45, 2.75) is 44.7 Å². The van der Waals surface area contributed by atoms with Crippen LogP contribution in [-0.4, -0.2) is 69.8 Å². The average molecular weight is 501 g/mol. The number of nitrogens with one attached hydrogen (secondary N) is 2. The molecule has 35 heavy (non-hydrogen) atoms. The zero-order chi connectivity index (χ0) is 25.1. The minimum atomic E-state index is -1.16. The van der Waals surface area contributed by atoms with Crippen molar-refractivity contribution in [1.29, 1.82) is 0 Å². The van der Waals surface area contributed by atoms with Crippen molar-refractivity contribution in [3.05, 3.63) is 58.1 Å². The molecule has 0 radical (unpaired) electrons. The summed E-state index contributed by atoms with van der Waals surface area (Å²) in [4.78, 5) is 40.9. The van der Waals surface area contributed by atoms with Gasteiger partial charge in [-0.3, -0.25) is 0 Å². The number of carbonyl (C=O) groups is 3. The number of hydrogen-bond acceptors (Lipinski definition) is 4. The number of amides is 4. The van der Waals surface area contributed by atoms with Crippen molar-refractivity contribution in [2.75, 3.05) is 25.0 Å². The minimum absolute atomic E-state index is 0.00532. The topological polar surface area (TPSA) is 122 Å². The molecule has 1 atom stereocenters. The molecule has 4 rings (SSSR count). The number of nitrogens with zero attached hydrogens (tertiary/aromatic N) is 2. The quantitative estimate of drug-likeness (QED) is 0.499. The smallest absolute Gasteiger partial charge is 0.326 e. The van der Waals surface area contributed by atoms with E-state index in [2.05, 4.69) is 10.6 Å². The van der Waals surface area contributed by atoms with Gasteiger partial charge in [-0.1, -0.05) is 35.9 Å². The van der Waals surface area contributed by atoms with Gasteiger partial charge in [0.15, 0.2) is 0 Å². The Labute approximate surface area is 208 Å². The molecule has 9 nitrogen and oxygen atoms in total. The maximum Gasteiger partial charge on any atom is 0.326 e. The lowest BCUT2D eigenvalue weighted by atomic mass is 10.0. The van der Waals surface area contributed by atoms with Gasteiger partial charge < -0.3 is 30.6 Å². The van der Waals surface area contributed by atoms with Gasteiger partial charge in [0.25, 0.3) is 0 Å². The van der Waals surface area contributed by atoms with Crippen molar-refractivity contribution in [3.63, 3.8) is 0 Å². The van der Waals surface area contributed by atoms with Gasteiger partial charge in [-0.15, -0.1) is 0 Å². The van der Waals surface area contributed by atoms with Crippen LogP contribution < -0.4 is 10.6 Å². The van der Waals surface area contributed by atoms with Crippen molar-refractivity contribution in [2.24, 2.45) is 0 Å². The first-order valence-electron chi connectivity index (χ1n) is 11.6. The molecule has 2 aromatic rings. The maximum atomic E-state index is 12.8. The molecule has 2 aliphatic rings. The monoisotopic (exact) mass is 500 g/mol. The second kappa shape index (κ2) is 10.4. The van der Waals surface area contributed by atoms with E-state index < -0.39 is 18.0 Å². The Balaban J connectivity index is 1.33. The molecule has 2 aliphatic heterocycles. The van der Waals surface area contributed by atoms with Crippen molar-refractivity contribution in [3.8, 4) is 5.75 Å². The summed E-state index contributed by atoms with van der Waals surface area (Å²) in [7, 11) is 0. The summed E-state index contributed by atoms with van der Waals surface area (Å²) in [5, 5.41) is 25.2. The molecule has 0 spiro atoms. The molecule has 186 valence electrons. The molecule has 1 saturated heterocycles. The number of carbonyl (C=O) groups excluding carboxylic acids is 2. The van der Waals surface area contributed by atoms with E-state index in [1.165, 1.54) is 6.07 Å². The number of carboxylic acids is 1. The number of aromatic hydroxyl groups is 1. The Hall–Kier alpha value is -3.46. The third-order valence-electron chi connectivity index (χ3n) is 6.68. The number of fused-ring (bicyclic) bond motifs is 1. The Morgan fingerprint density at radius 1 is 1.20 bits per heavy atom. The summed E-state index contributed by atoms with van der Waals surface area (Å²) in [6, 6.07) is 9.20. The second-order valence-corrected chi connectivity index (χ2v) is 9.44. The first-order valence-corrected chi connectivity index (χ1v) is 12.0. The molecule has 0 bridgehead atoms. The molecule has 2 aromatic carbocycles. The van der Waals surface area contributed by atoms with E-state index in [0.29, 0.717) is 43.6 Å². The second-order valence-electron chi connectivity index (χ2n) is 9.04. The van der Waals surface area contributed by atoms with E-state index in [4.69, 9.17) is 11.6 Å². The van der Waals surface area contributed by atoms with Gasteiger partial charge in [-0.2, -0.15) is 0 Å². The number of urea groups is 2. The molecular formula is C25H29ClN4O5. The van der Waals surface area contributed by atoms with Gasteiger partial charge in [0.1, 0.15) is 11.8 Å². The van der Waals surface area contributed by atoms with Gasteiger partial charge in [0.2, 0.25) is 0 Å². The lowest BCUT2D eigenvalue weighted by molar-refractivity contribution is -0.139. The Kier molecular flexibility index (Phi) is 7.35. The van der Waals surface area contributed by atoms with Gasteiger partial charge in [0, 0.05) is 37.8 Å². The van der Waals surface area contributed by atoms with E-state index in [1.54, 1.807) is 17.9 Å². The fourth-order valence-electron chi connectivity index (χ4n) is 4.72. The standard InChI is InChI=1S/C25H29ClN4O5/c1-15-12-16(13-19(26)22(15)31)14-21(23(32)33)28-24(34)29-9-7-18(8-10-29)30-11-6-17-4-2-3-5-20(17)27-25(30)35/h2-5,12-13,18,21,31H,6-11,14H2,1H3,(H,27,35)(H,28,34)(H,32,33). The van der Waals surface area contributed by atoms with Gasteiger partial charge in [-0.25, -0.2) is 14.4 Å². The molecule has 0 aromatic heterocycles. The van der Waals surface area contributed by atoms with E-state index in [1.807, 2.05) is 29.2 Å². The number of aryl methyl sites for hydroxylation is 1. The molecule has 1 unspecified atom stereocenters. The third kappa shape index (κ3) is 5.62. The number of para-hydroxylation sites is 1. The van der Waals surface area contributed by atoms with Crippen LogP contribution in [0.1, 0.15) is 29.5 Å². The number of anilines is 1. The van der Waals surface area contributed by atoms with Crippen molar-refractivity contribution in [1.82, 2.24) is 15.1 Å². The van der Waals surface area contributed by atoms with E-state index in [-0.39, 0.29) is 29.3 Å². The average Bonchev–Trinajstić information content (AvgIpc) is 3.00. The molecule has 10 heteroatoms. The zero-order valence-electron chi connectivity index (χ0n) is 19.5. The minimum Gasteiger partial charge on any atom is -0.506 e. The Bertz CT molecular complexity index is 1110. The molecule has 1 fully saturated rings. The predicted octanol–water partition coefficient (Wildman–Crippen LogP) is 3.61.